The van der Waals surface area contributed by atoms with Gasteiger partial charge in [-0.15, -0.1) is 10.2 Å². The van der Waals surface area contributed by atoms with E-state index in [1.165, 1.54) is 21.3 Å². The lowest BCUT2D eigenvalue weighted by Crippen LogP contribution is -2.13. The highest BCUT2D eigenvalue weighted by atomic mass is 16.6. The number of H-pyrrole nitrogens is 1. The smallest absolute Gasteiger partial charge is 0.355 e. The van der Waals surface area contributed by atoms with Crippen LogP contribution in [0.5, 0.6) is 17.2 Å². The minimum atomic E-state index is -0.670. The first kappa shape index (κ1) is 24.6. The Hall–Kier alpha value is -4.02. The molecule has 3 rings (SSSR count). The molecule has 0 amide bonds. The summed E-state index contributed by atoms with van der Waals surface area (Å²) in [5.74, 6) is 0.354. The largest absolute Gasteiger partial charge is 0.493 e. The molecule has 0 aliphatic rings. The number of esters is 2. The summed E-state index contributed by atoms with van der Waals surface area (Å²) in [6, 6.07) is 3.32. The van der Waals surface area contributed by atoms with Crippen LogP contribution in [0.15, 0.2) is 16.5 Å². The number of aromatic amines is 1. The molecule has 0 atom stereocenters. The van der Waals surface area contributed by atoms with Crippen molar-refractivity contribution in [1.82, 2.24) is 15.2 Å². The quantitative estimate of drug-likeness (QED) is 0.459. The molecule has 0 fully saturated rings. The molecule has 11 nitrogen and oxygen atoms in total. The van der Waals surface area contributed by atoms with Crippen molar-refractivity contribution in [3.63, 3.8) is 0 Å². The van der Waals surface area contributed by atoms with Crippen molar-refractivity contribution in [2.24, 2.45) is 0 Å². The molecular formula is C23H27N3O8. The first-order chi connectivity index (χ1) is 16.2. The molecule has 0 spiro atoms. The second kappa shape index (κ2) is 10.3. The average Bonchev–Trinajstić information content (AvgIpc) is 3.39. The summed E-state index contributed by atoms with van der Waals surface area (Å²) < 4.78 is 32.2. The molecule has 0 aliphatic heterocycles. The second-order valence-electron chi connectivity index (χ2n) is 7.57. The van der Waals surface area contributed by atoms with Gasteiger partial charge in [-0.1, -0.05) is 0 Å². The predicted octanol–water partition coefficient (Wildman–Crippen LogP) is 3.63. The number of hydrogen-bond donors (Lipinski definition) is 1. The molecule has 0 aliphatic carbocycles. The van der Waals surface area contributed by atoms with Crippen LogP contribution < -0.4 is 14.2 Å². The Morgan fingerprint density at radius 1 is 1.00 bits per heavy atom. The number of benzene rings is 1. The van der Waals surface area contributed by atoms with E-state index in [0.717, 1.165) is 0 Å². The highest BCUT2D eigenvalue weighted by molar-refractivity contribution is 5.98. The van der Waals surface area contributed by atoms with Crippen molar-refractivity contribution in [2.75, 3.05) is 21.3 Å². The maximum absolute atomic E-state index is 12.6. The summed E-state index contributed by atoms with van der Waals surface area (Å²) in [7, 11) is 4.50. The molecule has 11 heteroatoms. The van der Waals surface area contributed by atoms with Crippen LogP contribution in [0.2, 0.25) is 0 Å². The number of methoxy groups -OCH3 is 3. The SMILES string of the molecule is COc1cc(-c2nnc(COC(=O)c3[nH]c(C)c(C(=O)OC(C)C)c3C)o2)cc(OC)c1OC. The van der Waals surface area contributed by atoms with E-state index >= 15 is 0 Å². The standard InChI is InChI=1S/C23H27N3O8/c1-11(2)33-22(27)18-12(3)19(24-13(18)4)23(28)32-10-17-25-26-21(34-17)14-8-15(29-5)20(31-7)16(9-14)30-6/h8-9,11,24H,10H2,1-7H3. The zero-order valence-corrected chi connectivity index (χ0v) is 20.1. The monoisotopic (exact) mass is 473 g/mol. The summed E-state index contributed by atoms with van der Waals surface area (Å²) in [4.78, 5) is 27.8. The Kier molecular flexibility index (Phi) is 7.44. The van der Waals surface area contributed by atoms with E-state index in [1.54, 1.807) is 39.8 Å². The van der Waals surface area contributed by atoms with E-state index in [1.807, 2.05) is 0 Å². The fourth-order valence-electron chi connectivity index (χ4n) is 3.37. The van der Waals surface area contributed by atoms with Crippen molar-refractivity contribution in [3.8, 4) is 28.7 Å². The Labute approximate surface area is 196 Å². The van der Waals surface area contributed by atoms with E-state index in [2.05, 4.69) is 15.2 Å². The van der Waals surface area contributed by atoms with Gasteiger partial charge in [0.05, 0.1) is 33.0 Å². The number of aryl methyl sites for hydroxylation is 1. The molecule has 1 aromatic carbocycles. The van der Waals surface area contributed by atoms with Crippen LogP contribution in [-0.2, 0) is 16.1 Å². The van der Waals surface area contributed by atoms with Crippen molar-refractivity contribution in [2.45, 2.75) is 40.4 Å². The summed E-state index contributed by atoms with van der Waals surface area (Å²) >= 11 is 0. The molecule has 0 saturated carbocycles. The number of ether oxygens (including phenoxy) is 5. The second-order valence-corrected chi connectivity index (χ2v) is 7.57. The maximum Gasteiger partial charge on any atom is 0.355 e. The fourth-order valence-corrected chi connectivity index (χ4v) is 3.37. The number of carbonyl (C=O) groups is 2. The third kappa shape index (κ3) is 4.98. The highest BCUT2D eigenvalue weighted by Gasteiger charge is 2.25. The Bertz CT molecular complexity index is 1170. The minimum absolute atomic E-state index is 0.0810. The summed E-state index contributed by atoms with van der Waals surface area (Å²) in [6.07, 6.45) is -0.283. The zero-order valence-electron chi connectivity index (χ0n) is 20.1. The van der Waals surface area contributed by atoms with Gasteiger partial charge in [0.1, 0.15) is 5.69 Å². The number of hydrogen-bond acceptors (Lipinski definition) is 10. The molecule has 0 radical (unpaired) electrons. The molecule has 2 aromatic heterocycles. The lowest BCUT2D eigenvalue weighted by molar-refractivity contribution is 0.0376. The summed E-state index contributed by atoms with van der Waals surface area (Å²) in [6.45, 7) is 6.57. The van der Waals surface area contributed by atoms with Crippen LogP contribution in [0.25, 0.3) is 11.5 Å². The Morgan fingerprint density at radius 3 is 2.21 bits per heavy atom. The lowest BCUT2D eigenvalue weighted by atomic mass is 10.1. The Balaban J connectivity index is 1.75. The van der Waals surface area contributed by atoms with E-state index < -0.39 is 11.9 Å². The van der Waals surface area contributed by atoms with Crippen LogP contribution in [0, 0.1) is 13.8 Å². The molecule has 34 heavy (non-hydrogen) atoms. The van der Waals surface area contributed by atoms with Gasteiger partial charge in [-0.2, -0.15) is 0 Å². The van der Waals surface area contributed by atoms with E-state index in [4.69, 9.17) is 28.1 Å². The van der Waals surface area contributed by atoms with Crippen molar-refractivity contribution in [3.05, 3.63) is 40.5 Å². The third-order valence-electron chi connectivity index (χ3n) is 4.89. The van der Waals surface area contributed by atoms with Crippen LogP contribution >= 0.6 is 0 Å². The number of aromatic nitrogens is 3. The van der Waals surface area contributed by atoms with E-state index in [9.17, 15) is 9.59 Å². The summed E-state index contributed by atoms with van der Waals surface area (Å²) in [5.41, 5.74) is 1.94. The van der Waals surface area contributed by atoms with Crippen LogP contribution in [0.1, 0.15) is 51.8 Å². The van der Waals surface area contributed by atoms with Gasteiger partial charge in [-0.3, -0.25) is 0 Å². The molecule has 0 unspecified atom stereocenters. The van der Waals surface area contributed by atoms with Crippen molar-refractivity contribution >= 4 is 11.9 Å². The molecule has 3 aromatic rings. The first-order valence-electron chi connectivity index (χ1n) is 10.4. The normalized spacial score (nSPS) is 10.8. The van der Waals surface area contributed by atoms with Gasteiger partial charge in [0.15, 0.2) is 18.1 Å². The van der Waals surface area contributed by atoms with E-state index in [-0.39, 0.29) is 30.2 Å². The van der Waals surface area contributed by atoms with Gasteiger partial charge in [-0.25, -0.2) is 9.59 Å². The highest BCUT2D eigenvalue weighted by Crippen LogP contribution is 2.40. The molecule has 0 saturated heterocycles. The van der Waals surface area contributed by atoms with Gasteiger partial charge in [-0.05, 0) is 45.4 Å². The third-order valence-corrected chi connectivity index (χ3v) is 4.89. The maximum atomic E-state index is 12.6. The zero-order chi connectivity index (χ0) is 25.0. The van der Waals surface area contributed by atoms with E-state index in [0.29, 0.717) is 39.6 Å². The minimum Gasteiger partial charge on any atom is -0.493 e. The first-order valence-corrected chi connectivity index (χ1v) is 10.4. The summed E-state index contributed by atoms with van der Waals surface area (Å²) in [5, 5.41) is 7.93. The topological polar surface area (TPSA) is 135 Å². The Morgan fingerprint density at radius 2 is 1.65 bits per heavy atom. The van der Waals surface area contributed by atoms with Gasteiger partial charge >= 0.3 is 11.9 Å². The lowest BCUT2D eigenvalue weighted by Gasteiger charge is -2.12. The van der Waals surface area contributed by atoms with Gasteiger partial charge in [0.25, 0.3) is 5.89 Å². The van der Waals surface area contributed by atoms with Crippen LogP contribution in [0.4, 0.5) is 0 Å². The number of rotatable bonds is 9. The fraction of sp³-hybridized carbons (Fsp3) is 0.391. The van der Waals surface area contributed by atoms with Gasteiger partial charge in [0, 0.05) is 11.3 Å². The average molecular weight is 473 g/mol. The van der Waals surface area contributed by atoms with Gasteiger partial charge < -0.3 is 33.1 Å². The number of nitrogens with one attached hydrogen (secondary N) is 1. The predicted molar refractivity (Wildman–Crippen MR) is 119 cm³/mol. The molecule has 1 N–H and O–H groups in total. The number of carbonyl (C=O) groups excluding carboxylic acids is 2. The molecule has 2 heterocycles. The molecule has 0 bridgehead atoms. The molecule has 182 valence electrons. The van der Waals surface area contributed by atoms with Crippen LogP contribution in [0.3, 0.4) is 0 Å². The van der Waals surface area contributed by atoms with Crippen molar-refractivity contribution in [1.29, 1.82) is 0 Å². The number of nitrogens with zero attached hydrogens (tertiary/aromatic N) is 2. The van der Waals surface area contributed by atoms with Gasteiger partial charge in [0.2, 0.25) is 11.6 Å². The van der Waals surface area contributed by atoms with Crippen LogP contribution in [-0.4, -0.2) is 54.6 Å². The molecular weight excluding hydrogens is 446 g/mol. The van der Waals surface area contributed by atoms with Crippen molar-refractivity contribution < 1.29 is 37.7 Å².